The van der Waals surface area contributed by atoms with Gasteiger partial charge in [-0.25, -0.2) is 0 Å². The highest BCUT2D eigenvalue weighted by Crippen LogP contribution is 2.23. The number of hydrogen-bond donors (Lipinski definition) is 2. The van der Waals surface area contributed by atoms with Crippen molar-refractivity contribution in [1.29, 1.82) is 0 Å². The standard InChI is InChI=1S/C11H16N4S2/c12-10(16)9-1-4-14-15-11(9)13-7-8-2-5-17-6-3-8/h1,4,8H,2-3,5-7H2,(H2,12,16)(H,13,15). The molecule has 0 saturated carbocycles. The van der Waals surface area contributed by atoms with Crippen LogP contribution >= 0.6 is 24.0 Å². The molecular weight excluding hydrogens is 252 g/mol. The van der Waals surface area contributed by atoms with Gasteiger partial charge in [-0.1, -0.05) is 12.2 Å². The zero-order valence-electron chi connectivity index (χ0n) is 9.56. The van der Waals surface area contributed by atoms with Crippen molar-refractivity contribution < 1.29 is 0 Å². The van der Waals surface area contributed by atoms with Gasteiger partial charge in [0.1, 0.15) is 4.99 Å². The van der Waals surface area contributed by atoms with Gasteiger partial charge >= 0.3 is 0 Å². The largest absolute Gasteiger partial charge is 0.389 e. The molecule has 0 spiro atoms. The molecule has 0 unspecified atom stereocenters. The highest BCUT2D eigenvalue weighted by Gasteiger charge is 2.14. The topological polar surface area (TPSA) is 63.8 Å². The molecule has 0 atom stereocenters. The van der Waals surface area contributed by atoms with Crippen molar-refractivity contribution in [3.63, 3.8) is 0 Å². The number of nitrogens with zero attached hydrogens (tertiary/aromatic N) is 2. The maximum absolute atomic E-state index is 5.64. The van der Waals surface area contributed by atoms with Crippen molar-refractivity contribution >= 4 is 34.8 Å². The van der Waals surface area contributed by atoms with Crippen LogP contribution in [0.1, 0.15) is 18.4 Å². The van der Waals surface area contributed by atoms with Gasteiger partial charge in [0.05, 0.1) is 11.8 Å². The Hall–Kier alpha value is -0.880. The van der Waals surface area contributed by atoms with Gasteiger partial charge < -0.3 is 11.1 Å². The maximum Gasteiger partial charge on any atom is 0.158 e. The predicted octanol–water partition coefficient (Wildman–Crippen LogP) is 1.67. The van der Waals surface area contributed by atoms with Gasteiger partial charge in [-0.3, -0.25) is 0 Å². The second kappa shape index (κ2) is 6.16. The lowest BCUT2D eigenvalue weighted by Gasteiger charge is -2.22. The van der Waals surface area contributed by atoms with E-state index in [1.807, 2.05) is 11.8 Å². The van der Waals surface area contributed by atoms with E-state index in [0.717, 1.165) is 18.0 Å². The van der Waals surface area contributed by atoms with Gasteiger partial charge in [-0.2, -0.15) is 16.9 Å². The number of nitrogens with one attached hydrogen (secondary N) is 1. The van der Waals surface area contributed by atoms with Crippen LogP contribution in [0.2, 0.25) is 0 Å². The van der Waals surface area contributed by atoms with E-state index in [-0.39, 0.29) is 0 Å². The van der Waals surface area contributed by atoms with Gasteiger partial charge in [0, 0.05) is 6.54 Å². The number of thioether (sulfide) groups is 1. The third kappa shape index (κ3) is 3.54. The van der Waals surface area contributed by atoms with Crippen LogP contribution in [0.4, 0.5) is 5.82 Å². The third-order valence-electron chi connectivity index (χ3n) is 2.89. The Morgan fingerprint density at radius 2 is 2.29 bits per heavy atom. The number of hydrogen-bond acceptors (Lipinski definition) is 5. The van der Waals surface area contributed by atoms with Crippen LogP contribution in [0.3, 0.4) is 0 Å². The molecular formula is C11H16N4S2. The van der Waals surface area contributed by atoms with Crippen molar-refractivity contribution in [2.45, 2.75) is 12.8 Å². The quantitative estimate of drug-likeness (QED) is 0.810. The molecule has 0 aliphatic carbocycles. The SMILES string of the molecule is NC(=S)c1ccnnc1NCC1CCSCC1. The lowest BCUT2D eigenvalue weighted by Crippen LogP contribution is -2.22. The van der Waals surface area contributed by atoms with E-state index in [0.29, 0.717) is 10.8 Å². The molecule has 1 aromatic heterocycles. The average Bonchev–Trinajstić information content (AvgIpc) is 2.38. The maximum atomic E-state index is 5.64. The Bertz CT molecular complexity index is 391. The number of rotatable bonds is 4. The molecule has 1 aliphatic heterocycles. The molecule has 0 aromatic carbocycles. The Kier molecular flexibility index (Phi) is 4.56. The van der Waals surface area contributed by atoms with Crippen LogP contribution in [-0.4, -0.2) is 33.2 Å². The second-order valence-electron chi connectivity index (χ2n) is 4.09. The second-order valence-corrected chi connectivity index (χ2v) is 5.76. The Labute approximate surface area is 111 Å². The van der Waals surface area contributed by atoms with Crippen molar-refractivity contribution in [2.75, 3.05) is 23.4 Å². The summed E-state index contributed by atoms with van der Waals surface area (Å²) in [6, 6.07) is 1.80. The lowest BCUT2D eigenvalue weighted by molar-refractivity contribution is 0.515. The van der Waals surface area contributed by atoms with Crippen LogP contribution in [0.5, 0.6) is 0 Å². The Balaban J connectivity index is 1.96. The summed E-state index contributed by atoms with van der Waals surface area (Å²) in [7, 11) is 0. The molecule has 17 heavy (non-hydrogen) atoms. The first-order chi connectivity index (χ1) is 8.27. The summed E-state index contributed by atoms with van der Waals surface area (Å²) in [6.45, 7) is 0.925. The Morgan fingerprint density at radius 1 is 1.53 bits per heavy atom. The number of aromatic nitrogens is 2. The fourth-order valence-electron chi connectivity index (χ4n) is 1.85. The van der Waals surface area contributed by atoms with E-state index in [2.05, 4.69) is 15.5 Å². The summed E-state index contributed by atoms with van der Waals surface area (Å²) < 4.78 is 0. The number of nitrogens with two attached hydrogens (primary N) is 1. The van der Waals surface area contributed by atoms with E-state index in [1.165, 1.54) is 24.3 Å². The van der Waals surface area contributed by atoms with E-state index in [9.17, 15) is 0 Å². The zero-order valence-corrected chi connectivity index (χ0v) is 11.2. The summed E-state index contributed by atoms with van der Waals surface area (Å²) in [4.78, 5) is 0.363. The number of thiocarbonyl (C=S) groups is 1. The fourth-order valence-corrected chi connectivity index (χ4v) is 3.22. The monoisotopic (exact) mass is 268 g/mol. The predicted molar refractivity (Wildman–Crippen MR) is 76.5 cm³/mol. The molecule has 92 valence electrons. The van der Waals surface area contributed by atoms with Crippen LogP contribution in [0.15, 0.2) is 12.3 Å². The van der Waals surface area contributed by atoms with Crippen LogP contribution in [-0.2, 0) is 0 Å². The first-order valence-electron chi connectivity index (χ1n) is 5.70. The van der Waals surface area contributed by atoms with Crippen molar-refractivity contribution in [1.82, 2.24) is 10.2 Å². The van der Waals surface area contributed by atoms with Gasteiger partial charge in [-0.05, 0) is 36.3 Å². The van der Waals surface area contributed by atoms with Crippen LogP contribution < -0.4 is 11.1 Å². The summed E-state index contributed by atoms with van der Waals surface area (Å²) >= 11 is 7.02. The molecule has 2 rings (SSSR count). The summed E-state index contributed by atoms with van der Waals surface area (Å²) in [5.74, 6) is 3.94. The molecule has 1 aromatic rings. The smallest absolute Gasteiger partial charge is 0.158 e. The number of anilines is 1. The van der Waals surface area contributed by atoms with Crippen molar-refractivity contribution in [2.24, 2.45) is 11.7 Å². The van der Waals surface area contributed by atoms with Crippen LogP contribution in [0.25, 0.3) is 0 Å². The molecule has 1 fully saturated rings. The highest BCUT2D eigenvalue weighted by molar-refractivity contribution is 7.99. The molecule has 0 radical (unpaired) electrons. The van der Waals surface area contributed by atoms with Crippen molar-refractivity contribution in [3.8, 4) is 0 Å². The van der Waals surface area contributed by atoms with Gasteiger partial charge in [0.15, 0.2) is 5.82 Å². The van der Waals surface area contributed by atoms with Gasteiger partial charge in [-0.15, -0.1) is 5.10 Å². The van der Waals surface area contributed by atoms with E-state index >= 15 is 0 Å². The zero-order chi connectivity index (χ0) is 12.1. The minimum atomic E-state index is 0.363. The van der Waals surface area contributed by atoms with E-state index in [4.69, 9.17) is 18.0 Å². The molecule has 3 N–H and O–H groups in total. The molecule has 2 heterocycles. The minimum absolute atomic E-state index is 0.363. The van der Waals surface area contributed by atoms with Gasteiger partial charge in [0.2, 0.25) is 0 Å². The van der Waals surface area contributed by atoms with Gasteiger partial charge in [0.25, 0.3) is 0 Å². The molecule has 4 nitrogen and oxygen atoms in total. The first-order valence-corrected chi connectivity index (χ1v) is 7.27. The molecule has 1 aliphatic rings. The Morgan fingerprint density at radius 3 is 3.00 bits per heavy atom. The van der Waals surface area contributed by atoms with E-state index < -0.39 is 0 Å². The normalized spacial score (nSPS) is 16.7. The fraction of sp³-hybridized carbons (Fsp3) is 0.545. The minimum Gasteiger partial charge on any atom is -0.389 e. The molecule has 0 bridgehead atoms. The summed E-state index contributed by atoms with van der Waals surface area (Å²) in [5.41, 5.74) is 6.42. The molecule has 1 saturated heterocycles. The highest BCUT2D eigenvalue weighted by atomic mass is 32.2. The van der Waals surface area contributed by atoms with Crippen LogP contribution in [0, 0.1) is 5.92 Å². The summed E-state index contributed by atoms with van der Waals surface area (Å²) in [5, 5.41) is 11.2. The first kappa shape index (κ1) is 12.6. The molecule has 6 heteroatoms. The van der Waals surface area contributed by atoms with E-state index in [1.54, 1.807) is 12.3 Å². The third-order valence-corrected chi connectivity index (χ3v) is 4.15. The summed E-state index contributed by atoms with van der Waals surface area (Å²) in [6.07, 6.45) is 4.14. The average molecular weight is 268 g/mol. The molecule has 0 amide bonds. The lowest BCUT2D eigenvalue weighted by atomic mass is 10.0. The van der Waals surface area contributed by atoms with Crippen molar-refractivity contribution in [3.05, 3.63) is 17.8 Å².